The quantitative estimate of drug-likeness (QED) is 0.0983. The molecule has 17 rings (SSSR count). The van der Waals surface area contributed by atoms with Crippen molar-refractivity contribution in [1.82, 2.24) is 23.9 Å². The van der Waals surface area contributed by atoms with E-state index in [0.29, 0.717) is 69.5 Å². The zero-order chi connectivity index (χ0) is 109. The second kappa shape index (κ2) is 44.1. The van der Waals surface area contributed by atoms with Gasteiger partial charge in [-0.2, -0.15) is 0 Å². The summed E-state index contributed by atoms with van der Waals surface area (Å²) >= 11 is 0. The van der Waals surface area contributed by atoms with Crippen molar-refractivity contribution in [1.29, 1.82) is 0 Å². The van der Waals surface area contributed by atoms with Crippen molar-refractivity contribution in [3.8, 4) is 22.6 Å². The number of imide groups is 1. The van der Waals surface area contributed by atoms with Crippen LogP contribution in [-0.2, 0) is 82.2 Å². The normalized spacial score (nSPS) is 26.7. The largest absolute Gasteiger partial charge is 0.507 e. The first-order chi connectivity index (χ1) is 67.4. The van der Waals surface area contributed by atoms with Gasteiger partial charge in [0.2, 0.25) is 23.6 Å². The number of ether oxygens (including phenoxy) is 8. The summed E-state index contributed by atoms with van der Waals surface area (Å²) in [5, 5.41) is 14.7. The fourth-order valence-electron chi connectivity index (χ4n) is 22.6. The maximum atomic E-state index is 12.6. The van der Waals surface area contributed by atoms with Gasteiger partial charge >= 0.3 is 23.9 Å². The average Bonchev–Trinajstić information content (AvgIpc) is 1.52. The van der Waals surface area contributed by atoms with Crippen LogP contribution in [-0.4, -0.2) is 178 Å². The summed E-state index contributed by atoms with van der Waals surface area (Å²) in [6.45, 7) is 67.9. The van der Waals surface area contributed by atoms with Crippen LogP contribution in [0.4, 0.5) is 4.79 Å². The molecule has 7 aliphatic heterocycles. The lowest BCUT2D eigenvalue weighted by Gasteiger charge is -2.44. The summed E-state index contributed by atoms with van der Waals surface area (Å²) in [5.74, 6) is 0.448. The molecule has 0 aromatic heterocycles. The van der Waals surface area contributed by atoms with Gasteiger partial charge in [-0.05, 0) is 253 Å². The number of urea groups is 1. The van der Waals surface area contributed by atoms with Gasteiger partial charge in [0.1, 0.15) is 48.6 Å². The molecule has 10 aliphatic rings. The number of esters is 3. The number of aromatic hydroxyl groups is 1. The number of phenols is 1. The van der Waals surface area contributed by atoms with Crippen LogP contribution in [0, 0.1) is 66.5 Å². The summed E-state index contributed by atoms with van der Waals surface area (Å²) in [4.78, 5) is 107. The van der Waals surface area contributed by atoms with E-state index in [1.54, 1.807) is 70.0 Å². The van der Waals surface area contributed by atoms with E-state index in [9.17, 15) is 51.9 Å². The SMILES string of the molecule is CC(C)(C)C(=O)N1CCC23CCC(CC12)C3(C)C.CC(C)(C)C(=O)Oc1ccc2ccccc2c1-c1c(O)ccc2ccccc12.CC1(C)OC2O[C@H](COC(=O)C(C)(C)C)[C@@H]3OC(C)(C)O[C@@H]3C2O1.CC1C(c2ccccc2)N(C(=O)C(C)(C)C)C(=O)N1C.CC1CCC(C(C)(C)c2ccccc2)C(OC(=O)C(C)(C)C)C1.CC[C@@H]1CC[C@@H](CC)N1C(=O)C(C)(C)C.C[C@@H]1c2ccccc2S(=O)(=O)N1C(=O)C(C)(C)C. The van der Waals surface area contributed by atoms with Gasteiger partial charge in [-0.3, -0.25) is 38.5 Å². The van der Waals surface area contributed by atoms with E-state index in [4.69, 9.17) is 37.9 Å². The molecular weight excluding hydrogens is 1860 g/mol. The molecule has 802 valence electrons. The average molecular weight is 2030 g/mol. The lowest BCUT2D eigenvalue weighted by atomic mass is 9.64. The molecule has 6 saturated heterocycles. The van der Waals surface area contributed by atoms with Crippen molar-refractivity contribution in [2.24, 2.45) is 66.5 Å². The molecule has 10 unspecified atom stereocenters. The Hall–Kier alpha value is -9.63. The number of hydrogen-bond acceptors (Lipinski definition) is 19. The molecule has 0 radical (unpaired) electrons. The molecule has 146 heavy (non-hydrogen) atoms. The molecule has 16 atom stereocenters. The van der Waals surface area contributed by atoms with E-state index in [-0.39, 0.29) is 106 Å². The van der Waals surface area contributed by atoms with Crippen molar-refractivity contribution in [3.63, 3.8) is 0 Å². The summed E-state index contributed by atoms with van der Waals surface area (Å²) in [6.07, 6.45) is 11.0. The third-order valence-corrected chi connectivity index (χ3v) is 33.3. The van der Waals surface area contributed by atoms with Crippen LogP contribution >= 0.6 is 0 Å². The van der Waals surface area contributed by atoms with E-state index in [0.717, 1.165) is 75.1 Å². The van der Waals surface area contributed by atoms with Gasteiger partial charge in [-0.25, -0.2) is 17.5 Å². The molecule has 7 aromatic carbocycles. The van der Waals surface area contributed by atoms with Gasteiger partial charge in [0, 0.05) is 70.4 Å². The van der Waals surface area contributed by atoms with E-state index >= 15 is 0 Å². The maximum absolute atomic E-state index is 12.6. The minimum atomic E-state index is -3.69. The van der Waals surface area contributed by atoms with Gasteiger partial charge in [-0.1, -0.05) is 277 Å². The van der Waals surface area contributed by atoms with Gasteiger partial charge in [0.25, 0.3) is 10.0 Å². The highest BCUT2D eigenvalue weighted by Crippen LogP contribution is 2.71. The Bertz CT molecular complexity index is 5910. The van der Waals surface area contributed by atoms with Gasteiger partial charge < -0.3 is 57.7 Å². The Morgan fingerprint density at radius 2 is 0.986 bits per heavy atom. The van der Waals surface area contributed by atoms with Crippen LogP contribution in [0.1, 0.15) is 335 Å². The molecule has 6 amide bonds. The third kappa shape index (κ3) is 25.3. The van der Waals surface area contributed by atoms with Crippen molar-refractivity contribution in [2.45, 2.75) is 401 Å². The topological polar surface area (TPSA) is 281 Å². The monoisotopic (exact) mass is 2030 g/mol. The number of benzene rings is 7. The summed E-state index contributed by atoms with van der Waals surface area (Å²) < 4.78 is 72.8. The van der Waals surface area contributed by atoms with E-state index in [2.05, 4.69) is 109 Å². The Morgan fingerprint density at radius 3 is 1.51 bits per heavy atom. The molecule has 24 nitrogen and oxygen atoms in total. The number of sulfonamides is 1. The highest BCUT2D eigenvalue weighted by atomic mass is 32.2. The third-order valence-electron chi connectivity index (χ3n) is 31.3. The molecule has 9 fully saturated rings. The van der Waals surface area contributed by atoms with Gasteiger partial charge in [0.15, 0.2) is 17.9 Å². The number of fused-ring (bicyclic) bond motifs is 7. The number of rotatable bonds is 10. The lowest BCUT2D eigenvalue weighted by molar-refractivity contribution is -0.243. The van der Waals surface area contributed by atoms with Crippen LogP contribution in [0.2, 0.25) is 0 Å². The molecule has 25 heteroatoms. The number of likely N-dealkylation sites (N-methyl/N-ethyl adjacent to an activating group) is 1. The van der Waals surface area contributed by atoms with Crippen LogP contribution in [0.3, 0.4) is 0 Å². The number of carbonyl (C=O) groups is 8. The van der Waals surface area contributed by atoms with Crippen molar-refractivity contribution < 1.29 is 89.8 Å². The van der Waals surface area contributed by atoms with E-state index in [1.807, 2.05) is 236 Å². The maximum Gasteiger partial charge on any atom is 0.327 e. The first-order valence-electron chi connectivity index (χ1n) is 53.1. The molecule has 2 bridgehead atoms. The van der Waals surface area contributed by atoms with Crippen LogP contribution in [0.5, 0.6) is 11.5 Å². The first kappa shape index (κ1) is 117. The smallest absolute Gasteiger partial charge is 0.327 e. The molecule has 7 heterocycles. The fraction of sp³-hybridized carbons (Fsp3) is 0.620. The number of nitrogens with zero attached hydrogens (tertiary/aromatic N) is 5. The Labute approximate surface area is 872 Å². The Balaban J connectivity index is 0.000000163. The van der Waals surface area contributed by atoms with E-state index in [1.165, 1.54) is 55.4 Å². The number of amides is 6. The van der Waals surface area contributed by atoms with Crippen LogP contribution in [0.15, 0.2) is 163 Å². The summed E-state index contributed by atoms with van der Waals surface area (Å²) in [6, 6.07) is 50.9. The second-order valence-electron chi connectivity index (χ2n) is 51.4. The Morgan fingerprint density at radius 1 is 0.493 bits per heavy atom. The molecule has 3 aliphatic carbocycles. The van der Waals surface area contributed by atoms with E-state index < -0.39 is 67.1 Å². The van der Waals surface area contributed by atoms with Gasteiger partial charge in [-0.15, -0.1) is 0 Å². The van der Waals surface area contributed by atoms with Gasteiger partial charge in [0.05, 0.1) is 39.3 Å². The molecule has 1 spiro atoms. The highest BCUT2D eigenvalue weighted by molar-refractivity contribution is 7.90. The minimum absolute atomic E-state index is 0.00420. The predicted molar refractivity (Wildman–Crippen MR) is 575 cm³/mol. The summed E-state index contributed by atoms with van der Waals surface area (Å²) in [7, 11) is -1.95. The van der Waals surface area contributed by atoms with Crippen LogP contribution < -0.4 is 4.74 Å². The van der Waals surface area contributed by atoms with Crippen molar-refractivity contribution >= 4 is 79.1 Å². The standard InChI is InChI=1S/C25H22O3.C21H32O2.C17H28O7.C16H22N2O2.C16H27NO.C13H17NO3S.C13H25NO/c1-25(2,3)24(27)28-21-15-13-17-9-5-7-11-19(17)23(21)22-18-10-6-4-8-16(18)12-14-20(22)26;1-15-12-13-17(18(14-15)23-19(22)20(2,3)4)21(5,6)16-10-8-7-9-11-16;1-15(2,3)14(18)19-8-9-10-11(22-16(4,5)21-10)12-13(20-9)24-17(6,7)23-12;1-11-13(12-9-7-6-8-10-12)18(15(20)17(11)5)14(19)16(2,3)4;1-14(2,3)13(18)17-9-8-16-7-6-11(10-12(16)17)15(16,4)5;1-9-10-7-5-6-8-11(10)18(16,17)14(9)12(15)13(2,3)4;1-6-10-8-9-11(7-2)14(10)12(15)13(3,4)5/h4-15,26H,1-3H3;7-11,15,17-18H,12-14H2,1-6H3;9-13H,8H2,1-7H3;6-11,13H,1-5H3;11-12H,6-10H2,1-5H3;5-9H,1-4H3;10-11H,6-9H2,1-5H3/t;;9-,10+,11+,12?,13?;;;9-;10-,11-/m..1..11/s1. The predicted octanol–water partition coefficient (Wildman–Crippen LogP) is 25.7. The second-order valence-corrected chi connectivity index (χ2v) is 53.1. The highest BCUT2D eigenvalue weighted by Gasteiger charge is 2.69. The zero-order valence-electron chi connectivity index (χ0n) is 94.3. The number of carbonyl (C=O) groups excluding carboxylic acids is 8. The first-order valence-corrected chi connectivity index (χ1v) is 54.6. The molecule has 3 saturated carbocycles. The number of phenolic OH excluding ortho intramolecular Hbond substituents is 1. The molecule has 7 aromatic rings. The van der Waals surface area contributed by atoms with Crippen LogP contribution in [0.25, 0.3) is 32.7 Å². The van der Waals surface area contributed by atoms with Crippen molar-refractivity contribution in [2.75, 3.05) is 20.2 Å². The number of likely N-dealkylation sites (tertiary alicyclic amines) is 2. The fourth-order valence-corrected chi connectivity index (χ4v) is 24.6. The Kier molecular flexibility index (Phi) is 35.2. The molecular formula is C121H173N5O19S. The zero-order valence-corrected chi connectivity index (χ0v) is 95.1. The van der Waals surface area contributed by atoms with Crippen molar-refractivity contribution in [3.05, 3.63) is 174 Å². The minimum Gasteiger partial charge on any atom is -0.507 e. The lowest BCUT2D eigenvalue weighted by Crippen LogP contribution is -2.56. The summed E-state index contributed by atoms with van der Waals surface area (Å²) in [5.41, 5.74) is 1.91. The number of hydrogen-bond donors (Lipinski definition) is 1. The molecule has 1 N–H and O–H groups in total.